The zero-order valence-electron chi connectivity index (χ0n) is 26.7. The molecule has 1 fully saturated rings. The van der Waals surface area contributed by atoms with Gasteiger partial charge in [-0.2, -0.15) is 0 Å². The van der Waals surface area contributed by atoms with Crippen LogP contribution < -0.4 is 16.2 Å². The molecule has 0 radical (unpaired) electrons. The van der Waals surface area contributed by atoms with Crippen molar-refractivity contribution in [1.82, 2.24) is 21.3 Å². The highest BCUT2D eigenvalue weighted by atomic mass is 16.7. The molecule has 4 aromatic carbocycles. The third-order valence-corrected chi connectivity index (χ3v) is 8.81. The first kappa shape index (κ1) is 34.2. The van der Waals surface area contributed by atoms with E-state index in [0.29, 0.717) is 39.3 Å². The van der Waals surface area contributed by atoms with Crippen LogP contribution in [0.3, 0.4) is 0 Å². The molecule has 0 spiro atoms. The molecule has 0 unspecified atom stereocenters. The van der Waals surface area contributed by atoms with Crippen molar-refractivity contribution < 1.29 is 44.2 Å². The average molecular weight is 665 g/mol. The van der Waals surface area contributed by atoms with Crippen molar-refractivity contribution in [2.45, 2.75) is 50.0 Å². The van der Waals surface area contributed by atoms with Crippen LogP contribution in [0.5, 0.6) is 0 Å². The number of nitrogens with zero attached hydrogens (tertiary/aromatic N) is 1. The van der Waals surface area contributed by atoms with E-state index < -0.39 is 37.3 Å². The summed E-state index contributed by atoms with van der Waals surface area (Å²) in [4.78, 5) is 12.6. The number of rotatable bonds is 17. The Balaban J connectivity index is 0.809. The van der Waals surface area contributed by atoms with E-state index in [9.17, 15) is 25.2 Å². The number of ether oxygens (including phenoxy) is 4. The fraction of sp³-hybridized carbons (Fsp3) is 0.457. The van der Waals surface area contributed by atoms with E-state index in [1.807, 2.05) is 6.20 Å². The van der Waals surface area contributed by atoms with E-state index in [-0.39, 0.29) is 19.1 Å². The minimum atomic E-state index is -1.48. The molecule has 1 amide bonds. The van der Waals surface area contributed by atoms with Crippen molar-refractivity contribution in [1.29, 1.82) is 0 Å². The fourth-order valence-corrected chi connectivity index (χ4v) is 6.25. The van der Waals surface area contributed by atoms with Crippen molar-refractivity contribution in [3.05, 3.63) is 72.1 Å². The van der Waals surface area contributed by atoms with Gasteiger partial charge in [0.05, 0.1) is 58.4 Å². The summed E-state index contributed by atoms with van der Waals surface area (Å²) >= 11 is 0. The predicted molar refractivity (Wildman–Crippen MR) is 179 cm³/mol. The van der Waals surface area contributed by atoms with E-state index in [4.69, 9.17) is 18.9 Å². The molecule has 48 heavy (non-hydrogen) atoms. The van der Waals surface area contributed by atoms with Crippen LogP contribution >= 0.6 is 0 Å². The zero-order chi connectivity index (χ0) is 33.5. The summed E-state index contributed by atoms with van der Waals surface area (Å²) in [5, 5.41) is 51.2. The van der Waals surface area contributed by atoms with Gasteiger partial charge >= 0.3 is 0 Å². The number of hydrogen-bond donors (Lipinski definition) is 7. The van der Waals surface area contributed by atoms with Crippen LogP contribution in [-0.4, -0.2) is 115 Å². The van der Waals surface area contributed by atoms with Gasteiger partial charge in [0.25, 0.3) is 0 Å². The second-order valence-electron chi connectivity index (χ2n) is 12.1. The van der Waals surface area contributed by atoms with Crippen LogP contribution in [0, 0.1) is 0 Å². The Morgan fingerprint density at radius 2 is 1.56 bits per heavy atom. The van der Waals surface area contributed by atoms with Crippen LogP contribution in [0.4, 0.5) is 0 Å². The van der Waals surface area contributed by atoms with Crippen LogP contribution in [-0.2, 0) is 30.2 Å². The number of benzene rings is 4. The standard InChI is InChI=1S/C35H44N4O9/c40-21-28-32(42)33(43)34(44)35(48-28)47-18-17-46-16-15-45-14-13-39-37-20-26(38-39)19-36-29(41)6-2-3-22-7-8-25-10-9-23-4-1-5-24-11-12-27(22)31(25)30(23)24/h1,4-5,7-12,20,28,32-35,37-38,40,42-44H,2-3,6,13-19,21H2,(H,36,41)/t28-,32+,33+,34-,35-/m1/s1. The number of carbonyl (C=O) groups is 1. The minimum absolute atomic E-state index is 0.00999. The molecule has 0 aliphatic carbocycles. The van der Waals surface area contributed by atoms with Gasteiger partial charge in [0.2, 0.25) is 5.91 Å². The predicted octanol–water partition coefficient (Wildman–Crippen LogP) is 1.04. The zero-order valence-corrected chi connectivity index (χ0v) is 26.7. The number of aliphatic hydroxyl groups is 4. The molecule has 7 N–H and O–H groups in total. The van der Waals surface area contributed by atoms with Gasteiger partial charge in [-0.05, 0) is 50.7 Å². The highest BCUT2D eigenvalue weighted by molar-refractivity contribution is 6.23. The molecule has 0 aromatic heterocycles. The lowest BCUT2D eigenvalue weighted by atomic mass is 9.90. The molecule has 2 heterocycles. The molecule has 6 rings (SSSR count). The average Bonchev–Trinajstić information content (AvgIpc) is 3.57. The number of amides is 1. The number of nitrogens with one attached hydrogen (secondary N) is 3. The first-order valence-corrected chi connectivity index (χ1v) is 16.4. The third kappa shape index (κ3) is 7.97. The molecule has 4 aromatic rings. The van der Waals surface area contributed by atoms with Crippen LogP contribution in [0.1, 0.15) is 18.4 Å². The summed E-state index contributed by atoms with van der Waals surface area (Å²) in [6.45, 7) is 1.82. The van der Waals surface area contributed by atoms with E-state index >= 15 is 0 Å². The summed E-state index contributed by atoms with van der Waals surface area (Å²) in [7, 11) is 0. The van der Waals surface area contributed by atoms with Gasteiger partial charge in [0.15, 0.2) is 6.29 Å². The molecule has 2 aliphatic rings. The molecule has 13 nitrogen and oxygen atoms in total. The van der Waals surface area contributed by atoms with E-state index in [1.54, 1.807) is 5.12 Å². The van der Waals surface area contributed by atoms with Crippen molar-refractivity contribution in [2.24, 2.45) is 0 Å². The lowest BCUT2D eigenvalue weighted by molar-refractivity contribution is -0.302. The van der Waals surface area contributed by atoms with Gasteiger partial charge in [0.1, 0.15) is 24.4 Å². The normalized spacial score (nSPS) is 23.1. The van der Waals surface area contributed by atoms with E-state index in [1.165, 1.54) is 37.9 Å². The van der Waals surface area contributed by atoms with Crippen LogP contribution in [0.25, 0.3) is 32.3 Å². The Morgan fingerprint density at radius 1 is 0.854 bits per heavy atom. The molecule has 5 atom stereocenters. The Hall–Kier alpha value is -3.63. The highest BCUT2D eigenvalue weighted by Gasteiger charge is 2.43. The number of hydrazine groups is 2. The van der Waals surface area contributed by atoms with E-state index in [0.717, 1.165) is 18.5 Å². The van der Waals surface area contributed by atoms with Gasteiger partial charge in [-0.15, -0.1) is 5.12 Å². The molecule has 258 valence electrons. The lowest BCUT2D eigenvalue weighted by Gasteiger charge is -2.39. The maximum atomic E-state index is 12.6. The second kappa shape index (κ2) is 16.2. The van der Waals surface area contributed by atoms with Crippen molar-refractivity contribution in [3.8, 4) is 0 Å². The van der Waals surface area contributed by atoms with Crippen molar-refractivity contribution >= 4 is 38.2 Å². The molecule has 13 heteroatoms. The SMILES string of the molecule is O=C(CCCc1ccc2ccc3cccc4ccc1c2c34)NCC1=CNN(CCOCCOCCO[C@@H]2O[C@H](CO)[C@H](O)[C@H](O)[C@H]2O)N1. The fourth-order valence-electron chi connectivity index (χ4n) is 6.25. The smallest absolute Gasteiger partial charge is 0.220 e. The monoisotopic (exact) mass is 664 g/mol. The van der Waals surface area contributed by atoms with Gasteiger partial charge in [-0.1, -0.05) is 54.6 Å². The maximum absolute atomic E-state index is 12.6. The van der Waals surface area contributed by atoms with E-state index in [2.05, 4.69) is 70.8 Å². The topological polar surface area (TPSA) is 174 Å². The number of hydrogen-bond acceptors (Lipinski definition) is 12. The number of aryl methyl sites for hydroxylation is 1. The summed E-state index contributed by atoms with van der Waals surface area (Å²) in [6, 6.07) is 19.6. The van der Waals surface area contributed by atoms with Crippen LogP contribution in [0.15, 0.2) is 66.5 Å². The second-order valence-corrected chi connectivity index (χ2v) is 12.1. The summed E-state index contributed by atoms with van der Waals surface area (Å²) in [6.07, 6.45) is -2.68. The van der Waals surface area contributed by atoms with Crippen molar-refractivity contribution in [3.63, 3.8) is 0 Å². The first-order chi connectivity index (χ1) is 23.4. The lowest BCUT2D eigenvalue weighted by Crippen LogP contribution is -2.59. The van der Waals surface area contributed by atoms with Gasteiger partial charge in [-0.3, -0.25) is 4.79 Å². The molecule has 0 bridgehead atoms. The molecule has 1 saturated heterocycles. The molecule has 2 aliphatic heterocycles. The Morgan fingerprint density at radius 3 is 2.35 bits per heavy atom. The largest absolute Gasteiger partial charge is 0.394 e. The van der Waals surface area contributed by atoms with Gasteiger partial charge in [0, 0.05) is 12.6 Å². The minimum Gasteiger partial charge on any atom is -0.394 e. The highest BCUT2D eigenvalue weighted by Crippen LogP contribution is 2.36. The summed E-state index contributed by atoms with van der Waals surface area (Å²) < 4.78 is 21.7. The third-order valence-electron chi connectivity index (χ3n) is 8.81. The number of carbonyl (C=O) groups excluding carboxylic acids is 1. The molecule has 0 saturated carbocycles. The number of aliphatic hydroxyl groups excluding tert-OH is 4. The van der Waals surface area contributed by atoms with Gasteiger partial charge in [-0.25, -0.2) is 0 Å². The molecular formula is C35H44N4O9. The first-order valence-electron chi connectivity index (χ1n) is 16.4. The summed E-state index contributed by atoms with van der Waals surface area (Å²) in [5.41, 5.74) is 8.41. The quantitative estimate of drug-likeness (QED) is 0.0633. The molecular weight excluding hydrogens is 620 g/mol. The Bertz CT molecular complexity index is 1670. The van der Waals surface area contributed by atoms with Gasteiger partial charge < -0.3 is 55.5 Å². The Labute approximate surface area is 278 Å². The maximum Gasteiger partial charge on any atom is 0.220 e. The Kier molecular flexibility index (Phi) is 11.5. The van der Waals surface area contributed by atoms with Crippen molar-refractivity contribution in [2.75, 3.05) is 52.7 Å². The summed E-state index contributed by atoms with van der Waals surface area (Å²) in [5.74, 6) is 0.00999. The van der Waals surface area contributed by atoms with Crippen LogP contribution in [0.2, 0.25) is 0 Å².